The number of ether oxygens (including phenoxy) is 3. The summed E-state index contributed by atoms with van der Waals surface area (Å²) in [5.41, 5.74) is 0. The van der Waals surface area contributed by atoms with Crippen LogP contribution in [-0.4, -0.2) is 86.4 Å². The van der Waals surface area contributed by atoms with E-state index < -0.39 is 18.0 Å². The number of hydrogen-bond donors (Lipinski definition) is 1. The van der Waals surface area contributed by atoms with Gasteiger partial charge in [0.05, 0.1) is 26.9 Å². The van der Waals surface area contributed by atoms with Gasteiger partial charge in [0.15, 0.2) is 0 Å². The topological polar surface area (TPSA) is 97.4 Å². The molecule has 2 aliphatic rings. The lowest BCUT2D eigenvalue weighted by Gasteiger charge is -2.32. The molecule has 28 heavy (non-hydrogen) atoms. The quantitative estimate of drug-likeness (QED) is 0.723. The Kier molecular flexibility index (Phi) is 6.70. The fourth-order valence-electron chi connectivity index (χ4n) is 3.35. The Labute approximate surface area is 163 Å². The number of urea groups is 1. The molecule has 0 spiro atoms. The van der Waals surface area contributed by atoms with E-state index in [-0.39, 0.29) is 25.1 Å². The second kappa shape index (κ2) is 9.41. The minimum Gasteiger partial charge on any atom is -0.488 e. The highest BCUT2D eigenvalue weighted by molar-refractivity contribution is 5.89. The number of likely N-dealkylation sites (tertiary alicyclic amines) is 1. The van der Waals surface area contributed by atoms with Crippen molar-refractivity contribution in [2.24, 2.45) is 0 Å². The number of amides is 3. The van der Waals surface area contributed by atoms with Gasteiger partial charge in [-0.05, 0) is 12.1 Å². The van der Waals surface area contributed by atoms with Crippen molar-refractivity contribution in [2.45, 2.75) is 18.6 Å². The van der Waals surface area contributed by atoms with Crippen LogP contribution < -0.4 is 10.1 Å². The van der Waals surface area contributed by atoms with Crippen molar-refractivity contribution in [3.05, 3.63) is 30.3 Å². The molecule has 3 amide bonds. The van der Waals surface area contributed by atoms with E-state index in [0.717, 1.165) is 0 Å². The van der Waals surface area contributed by atoms with Crippen LogP contribution in [0.5, 0.6) is 5.75 Å². The molecule has 2 heterocycles. The van der Waals surface area contributed by atoms with Gasteiger partial charge in [-0.25, -0.2) is 4.79 Å². The van der Waals surface area contributed by atoms with Crippen LogP contribution >= 0.6 is 0 Å². The Hall–Kier alpha value is -2.81. The number of nitrogens with zero attached hydrogens (tertiary/aromatic N) is 2. The maximum atomic E-state index is 13.0. The van der Waals surface area contributed by atoms with Gasteiger partial charge >= 0.3 is 12.0 Å². The van der Waals surface area contributed by atoms with Gasteiger partial charge in [-0.2, -0.15) is 0 Å². The molecule has 9 nitrogen and oxygen atoms in total. The minimum atomic E-state index is -0.649. The van der Waals surface area contributed by atoms with Crippen LogP contribution in [0.25, 0.3) is 0 Å². The van der Waals surface area contributed by atoms with Crippen molar-refractivity contribution in [1.82, 2.24) is 15.1 Å². The van der Waals surface area contributed by atoms with Gasteiger partial charge in [-0.1, -0.05) is 18.2 Å². The maximum absolute atomic E-state index is 13.0. The second-order valence-corrected chi connectivity index (χ2v) is 6.63. The molecule has 9 heteroatoms. The summed E-state index contributed by atoms with van der Waals surface area (Å²) in [6, 6.07) is 8.14. The fraction of sp³-hybridized carbons (Fsp3) is 0.526. The highest BCUT2D eigenvalue weighted by Crippen LogP contribution is 2.25. The zero-order chi connectivity index (χ0) is 19.9. The largest absolute Gasteiger partial charge is 0.488 e. The standard InChI is InChI=1S/C19H25N3O6/c1-26-17(23)12-20-19(25)22-13-15(28-14-5-3-2-4-6-14)11-16(22)18(24)21-7-9-27-10-8-21/h2-6,15-16H,7-13H2,1H3,(H,20,25)/t15-,16-/m0/s1. The predicted octanol–water partition coefficient (Wildman–Crippen LogP) is 0.250. The molecule has 0 saturated carbocycles. The van der Waals surface area contributed by atoms with Gasteiger partial charge < -0.3 is 29.3 Å². The van der Waals surface area contributed by atoms with Gasteiger partial charge in [-0.3, -0.25) is 9.59 Å². The predicted molar refractivity (Wildman–Crippen MR) is 98.8 cm³/mol. The lowest BCUT2D eigenvalue weighted by atomic mass is 10.1. The molecule has 1 aromatic carbocycles. The number of benzene rings is 1. The van der Waals surface area contributed by atoms with Gasteiger partial charge in [-0.15, -0.1) is 0 Å². The van der Waals surface area contributed by atoms with Crippen LogP contribution in [0.2, 0.25) is 0 Å². The number of hydrogen-bond acceptors (Lipinski definition) is 6. The molecule has 1 aromatic rings. The first-order valence-electron chi connectivity index (χ1n) is 9.28. The monoisotopic (exact) mass is 391 g/mol. The molecular weight excluding hydrogens is 366 g/mol. The van der Waals surface area contributed by atoms with E-state index in [0.29, 0.717) is 38.5 Å². The maximum Gasteiger partial charge on any atom is 0.325 e. The van der Waals surface area contributed by atoms with Gasteiger partial charge in [0.2, 0.25) is 5.91 Å². The molecule has 0 radical (unpaired) electrons. The Morgan fingerprint density at radius 3 is 2.57 bits per heavy atom. The first kappa shape index (κ1) is 19.9. The van der Waals surface area contributed by atoms with E-state index >= 15 is 0 Å². The summed E-state index contributed by atoms with van der Waals surface area (Å²) >= 11 is 0. The van der Waals surface area contributed by atoms with Crippen molar-refractivity contribution in [1.29, 1.82) is 0 Å². The fourth-order valence-corrected chi connectivity index (χ4v) is 3.35. The lowest BCUT2D eigenvalue weighted by Crippen LogP contribution is -2.53. The molecule has 0 bridgehead atoms. The molecule has 1 N–H and O–H groups in total. The summed E-state index contributed by atoms with van der Waals surface area (Å²) in [5.74, 6) is -0.00161. The second-order valence-electron chi connectivity index (χ2n) is 6.63. The zero-order valence-electron chi connectivity index (χ0n) is 15.8. The number of nitrogens with one attached hydrogen (secondary N) is 1. The Balaban J connectivity index is 1.69. The molecule has 2 aliphatic heterocycles. The minimum absolute atomic E-state index is 0.129. The third-order valence-electron chi connectivity index (χ3n) is 4.79. The summed E-state index contributed by atoms with van der Waals surface area (Å²) in [4.78, 5) is 40.1. The number of methoxy groups -OCH3 is 1. The average Bonchev–Trinajstić information content (AvgIpc) is 3.16. The van der Waals surface area contributed by atoms with E-state index in [9.17, 15) is 14.4 Å². The third kappa shape index (κ3) is 4.92. The first-order valence-corrected chi connectivity index (χ1v) is 9.28. The van der Waals surface area contributed by atoms with E-state index in [4.69, 9.17) is 9.47 Å². The van der Waals surface area contributed by atoms with Crippen LogP contribution in [-0.2, 0) is 19.1 Å². The summed E-state index contributed by atoms with van der Waals surface area (Å²) in [5, 5.41) is 2.51. The molecule has 2 atom stereocenters. The van der Waals surface area contributed by atoms with Crippen molar-refractivity contribution in [3.8, 4) is 5.75 Å². The summed E-state index contributed by atoms with van der Waals surface area (Å²) < 4.78 is 15.8. The molecule has 0 aliphatic carbocycles. The van der Waals surface area contributed by atoms with E-state index in [2.05, 4.69) is 10.1 Å². The normalized spacial score (nSPS) is 21.9. The van der Waals surface area contributed by atoms with Crippen molar-refractivity contribution >= 4 is 17.9 Å². The highest BCUT2D eigenvalue weighted by Gasteiger charge is 2.42. The number of rotatable bonds is 5. The van der Waals surface area contributed by atoms with E-state index in [1.54, 1.807) is 4.90 Å². The number of para-hydroxylation sites is 1. The molecule has 0 aromatic heterocycles. The first-order chi connectivity index (χ1) is 13.6. The summed E-state index contributed by atoms with van der Waals surface area (Å²) in [6.45, 7) is 1.96. The number of morpholine rings is 1. The summed E-state index contributed by atoms with van der Waals surface area (Å²) in [7, 11) is 1.25. The number of carbonyl (C=O) groups excluding carboxylic acids is 3. The Bertz CT molecular complexity index is 692. The SMILES string of the molecule is COC(=O)CNC(=O)N1C[C@@H](Oc2ccccc2)C[C@H]1C(=O)N1CCOCC1. The van der Waals surface area contributed by atoms with Gasteiger partial charge in [0, 0.05) is 19.5 Å². The highest BCUT2D eigenvalue weighted by atomic mass is 16.5. The zero-order valence-corrected chi connectivity index (χ0v) is 15.8. The van der Waals surface area contributed by atoms with Crippen molar-refractivity contribution in [3.63, 3.8) is 0 Å². The number of esters is 1. The van der Waals surface area contributed by atoms with E-state index in [1.165, 1.54) is 12.0 Å². The third-order valence-corrected chi connectivity index (χ3v) is 4.79. The van der Waals surface area contributed by atoms with Crippen LogP contribution in [0.15, 0.2) is 30.3 Å². The van der Waals surface area contributed by atoms with E-state index in [1.807, 2.05) is 30.3 Å². The molecule has 2 saturated heterocycles. The molecule has 2 fully saturated rings. The molecule has 0 unspecified atom stereocenters. The van der Waals surface area contributed by atoms with Gasteiger partial charge in [0.25, 0.3) is 0 Å². The molecule has 3 rings (SSSR count). The van der Waals surface area contributed by atoms with Gasteiger partial charge in [0.1, 0.15) is 24.4 Å². The van der Waals surface area contributed by atoms with Crippen LogP contribution in [0.1, 0.15) is 6.42 Å². The average molecular weight is 391 g/mol. The molecule has 152 valence electrons. The smallest absolute Gasteiger partial charge is 0.325 e. The van der Waals surface area contributed by atoms with Crippen molar-refractivity contribution < 1.29 is 28.6 Å². The van der Waals surface area contributed by atoms with Crippen molar-refractivity contribution in [2.75, 3.05) is 46.5 Å². The van der Waals surface area contributed by atoms with Crippen LogP contribution in [0.3, 0.4) is 0 Å². The Morgan fingerprint density at radius 1 is 1.18 bits per heavy atom. The lowest BCUT2D eigenvalue weighted by molar-refractivity contribution is -0.139. The Morgan fingerprint density at radius 2 is 1.89 bits per heavy atom. The number of carbonyl (C=O) groups is 3. The van der Waals surface area contributed by atoms with Crippen LogP contribution in [0.4, 0.5) is 4.79 Å². The van der Waals surface area contributed by atoms with Crippen LogP contribution in [0, 0.1) is 0 Å². The molecular formula is C19H25N3O6. The summed E-state index contributed by atoms with van der Waals surface area (Å²) in [6.07, 6.45) is 0.0674.